The molecule has 2 aliphatic heterocycles. The third kappa shape index (κ3) is 3.28. The maximum absolute atomic E-state index is 12.7. The molecule has 23 heavy (non-hydrogen) atoms. The fourth-order valence-electron chi connectivity index (χ4n) is 3.67. The summed E-state index contributed by atoms with van der Waals surface area (Å²) in [6, 6.07) is 7.37. The van der Waals surface area contributed by atoms with Crippen LogP contribution >= 0.6 is 0 Å². The summed E-state index contributed by atoms with van der Waals surface area (Å²) in [4.78, 5) is 16.5. The number of fused-ring (bicyclic) bond motifs is 1. The predicted octanol–water partition coefficient (Wildman–Crippen LogP) is 1.47. The van der Waals surface area contributed by atoms with E-state index in [4.69, 9.17) is 0 Å². The number of aryl methyl sites for hydroxylation is 1. The lowest BCUT2D eigenvalue weighted by Gasteiger charge is -2.44. The summed E-state index contributed by atoms with van der Waals surface area (Å²) < 4.78 is 24.4. The van der Waals surface area contributed by atoms with Gasteiger partial charge in [-0.3, -0.25) is 9.69 Å². The highest BCUT2D eigenvalue weighted by atomic mass is 32.2. The lowest BCUT2D eigenvalue weighted by Crippen LogP contribution is -2.62. The van der Waals surface area contributed by atoms with Gasteiger partial charge in [-0.05, 0) is 25.0 Å². The number of carbonyl (C=O) groups is 1. The van der Waals surface area contributed by atoms with Crippen LogP contribution in [0.25, 0.3) is 0 Å². The summed E-state index contributed by atoms with van der Waals surface area (Å²) in [7, 11) is -3.11. The molecule has 6 heteroatoms. The number of rotatable bonds is 3. The van der Waals surface area contributed by atoms with Gasteiger partial charge in [0.25, 0.3) is 0 Å². The van der Waals surface area contributed by atoms with Gasteiger partial charge >= 0.3 is 0 Å². The summed E-state index contributed by atoms with van der Waals surface area (Å²) in [5.74, 6) is 0.608. The molecule has 0 radical (unpaired) electrons. The molecule has 0 aromatic heterocycles. The fraction of sp³-hybridized carbons (Fsp3) is 0.588. The first-order valence-electron chi connectivity index (χ1n) is 8.10. The van der Waals surface area contributed by atoms with E-state index < -0.39 is 9.84 Å². The number of carbonyl (C=O) groups excluding carboxylic acids is 1. The minimum absolute atomic E-state index is 0.00662. The number of anilines is 1. The average Bonchev–Trinajstić information content (AvgIpc) is 2.75. The second-order valence-electron chi connectivity index (χ2n) is 7.13. The van der Waals surface area contributed by atoms with E-state index in [1.165, 1.54) is 0 Å². The zero-order valence-corrected chi connectivity index (χ0v) is 14.7. The topological polar surface area (TPSA) is 57.7 Å². The van der Waals surface area contributed by atoms with Crippen LogP contribution in [-0.2, 0) is 14.6 Å². The van der Waals surface area contributed by atoms with Gasteiger partial charge in [0.1, 0.15) is 0 Å². The molecule has 0 bridgehead atoms. The van der Waals surface area contributed by atoms with Crippen LogP contribution in [-0.4, -0.2) is 55.9 Å². The van der Waals surface area contributed by atoms with Crippen molar-refractivity contribution in [3.05, 3.63) is 29.8 Å². The van der Waals surface area contributed by atoms with Crippen molar-refractivity contribution >= 4 is 21.4 Å². The molecule has 2 aliphatic rings. The van der Waals surface area contributed by atoms with Crippen LogP contribution in [0.15, 0.2) is 24.3 Å². The van der Waals surface area contributed by atoms with Crippen LogP contribution in [0.1, 0.15) is 19.4 Å². The molecule has 2 atom stereocenters. The Morgan fingerprint density at radius 1 is 1.13 bits per heavy atom. The molecule has 126 valence electrons. The second-order valence-corrected chi connectivity index (χ2v) is 9.29. The van der Waals surface area contributed by atoms with E-state index in [1.807, 2.05) is 31.2 Å². The summed E-state index contributed by atoms with van der Waals surface area (Å²) in [5, 5.41) is 0. The molecule has 2 heterocycles. The lowest BCUT2D eigenvalue weighted by atomic mass is 10.0. The molecule has 2 saturated heterocycles. The Morgan fingerprint density at radius 3 is 2.35 bits per heavy atom. The summed E-state index contributed by atoms with van der Waals surface area (Å²) in [6.07, 6.45) is 0. The molecule has 0 spiro atoms. The highest BCUT2D eigenvalue weighted by molar-refractivity contribution is 7.91. The summed E-state index contributed by atoms with van der Waals surface area (Å²) in [6.45, 7) is 7.23. The first kappa shape index (κ1) is 16.5. The van der Waals surface area contributed by atoms with Crippen LogP contribution in [0.5, 0.6) is 0 Å². The van der Waals surface area contributed by atoms with E-state index >= 15 is 0 Å². The van der Waals surface area contributed by atoms with E-state index in [9.17, 15) is 13.2 Å². The Bertz CT molecular complexity index is 697. The minimum Gasteiger partial charge on any atom is -0.306 e. The number of nitrogens with zero attached hydrogens (tertiary/aromatic N) is 2. The zero-order valence-electron chi connectivity index (χ0n) is 13.9. The van der Waals surface area contributed by atoms with Crippen molar-refractivity contribution in [1.82, 2.24) is 4.90 Å². The van der Waals surface area contributed by atoms with Crippen molar-refractivity contribution in [2.24, 2.45) is 5.92 Å². The lowest BCUT2D eigenvalue weighted by molar-refractivity contribution is -0.123. The summed E-state index contributed by atoms with van der Waals surface area (Å²) >= 11 is 0. The molecule has 0 saturated carbocycles. The van der Waals surface area contributed by atoms with Gasteiger partial charge in [-0.25, -0.2) is 8.42 Å². The predicted molar refractivity (Wildman–Crippen MR) is 91.3 cm³/mol. The van der Waals surface area contributed by atoms with Gasteiger partial charge in [0.05, 0.1) is 24.1 Å². The second kappa shape index (κ2) is 5.91. The molecule has 0 N–H and O–H groups in total. The zero-order chi connectivity index (χ0) is 16.8. The van der Waals surface area contributed by atoms with Crippen LogP contribution in [0.3, 0.4) is 0 Å². The molecule has 0 aliphatic carbocycles. The van der Waals surface area contributed by atoms with Crippen LogP contribution < -0.4 is 4.90 Å². The smallest absolute Gasteiger partial charge is 0.241 e. The minimum atomic E-state index is -3.11. The van der Waals surface area contributed by atoms with E-state index in [0.29, 0.717) is 12.5 Å². The van der Waals surface area contributed by atoms with Gasteiger partial charge in [0.15, 0.2) is 9.84 Å². The van der Waals surface area contributed by atoms with Crippen molar-refractivity contribution in [3.8, 4) is 0 Å². The van der Waals surface area contributed by atoms with E-state index in [0.717, 1.165) is 17.8 Å². The molecule has 1 amide bonds. The Morgan fingerprint density at radius 2 is 1.74 bits per heavy atom. The fourth-order valence-corrected chi connectivity index (χ4v) is 5.65. The number of hydrogen-bond donors (Lipinski definition) is 0. The van der Waals surface area contributed by atoms with Gasteiger partial charge in [-0.1, -0.05) is 31.5 Å². The molecule has 0 unspecified atom stereocenters. The molecule has 5 nitrogen and oxygen atoms in total. The molecule has 2 fully saturated rings. The van der Waals surface area contributed by atoms with Crippen molar-refractivity contribution in [2.45, 2.75) is 32.9 Å². The van der Waals surface area contributed by atoms with Crippen LogP contribution in [0, 0.1) is 12.8 Å². The Kier molecular flexibility index (Phi) is 4.23. The third-order valence-corrected chi connectivity index (χ3v) is 6.31. The van der Waals surface area contributed by atoms with Crippen molar-refractivity contribution in [3.63, 3.8) is 0 Å². The van der Waals surface area contributed by atoms with Gasteiger partial charge < -0.3 is 4.90 Å². The van der Waals surface area contributed by atoms with Gasteiger partial charge in [-0.2, -0.15) is 0 Å². The van der Waals surface area contributed by atoms with Crippen molar-refractivity contribution < 1.29 is 13.2 Å². The van der Waals surface area contributed by atoms with Gasteiger partial charge in [0.2, 0.25) is 5.91 Å². The number of sulfone groups is 1. The SMILES string of the molecule is Cc1ccc(N2C(=O)CN(CC(C)C)[C@H]3CS(=O)(=O)C[C@H]32)cc1. The molecular weight excluding hydrogens is 312 g/mol. The van der Waals surface area contributed by atoms with Crippen molar-refractivity contribution in [1.29, 1.82) is 0 Å². The van der Waals surface area contributed by atoms with Crippen LogP contribution in [0.2, 0.25) is 0 Å². The number of piperazine rings is 1. The average molecular weight is 336 g/mol. The molecular formula is C17H24N2O3S. The normalized spacial score (nSPS) is 27.5. The monoisotopic (exact) mass is 336 g/mol. The maximum atomic E-state index is 12.7. The first-order chi connectivity index (χ1) is 10.8. The summed E-state index contributed by atoms with van der Waals surface area (Å²) in [5.41, 5.74) is 1.92. The molecule has 1 aromatic rings. The first-order valence-corrected chi connectivity index (χ1v) is 9.92. The van der Waals surface area contributed by atoms with Crippen molar-refractivity contribution in [2.75, 3.05) is 29.5 Å². The number of benzene rings is 1. The van der Waals surface area contributed by atoms with E-state index in [2.05, 4.69) is 18.7 Å². The van der Waals surface area contributed by atoms with Crippen LogP contribution in [0.4, 0.5) is 5.69 Å². The number of amides is 1. The quantitative estimate of drug-likeness (QED) is 0.839. The van der Waals surface area contributed by atoms with Gasteiger partial charge in [-0.15, -0.1) is 0 Å². The highest BCUT2D eigenvalue weighted by Gasteiger charge is 2.49. The maximum Gasteiger partial charge on any atom is 0.241 e. The number of hydrogen-bond acceptors (Lipinski definition) is 4. The van der Waals surface area contributed by atoms with E-state index in [-0.39, 0.29) is 29.5 Å². The Labute approximate surface area is 138 Å². The third-order valence-electron chi connectivity index (χ3n) is 4.61. The molecule has 1 aromatic carbocycles. The van der Waals surface area contributed by atoms with Gasteiger partial charge in [0, 0.05) is 18.3 Å². The largest absolute Gasteiger partial charge is 0.306 e. The highest BCUT2D eigenvalue weighted by Crippen LogP contribution is 2.32. The Balaban J connectivity index is 1.96. The molecule has 3 rings (SSSR count). The standard InChI is InChI=1S/C17H24N2O3S/c1-12(2)8-18-9-17(20)19(14-6-4-13(3)5-7-14)16-11-23(21,22)10-15(16)18/h4-7,12,15-16H,8-11H2,1-3H3/t15-,16+/m0/s1. The Hall–Kier alpha value is -1.40. The van der Waals surface area contributed by atoms with E-state index in [1.54, 1.807) is 4.90 Å².